The third-order valence-corrected chi connectivity index (χ3v) is 4.96. The minimum absolute atomic E-state index is 1.03. The molecular formula is C24H18N2. The number of hydrogen-bond donors (Lipinski definition) is 1. The Labute approximate surface area is 152 Å². The SMILES string of the molecule is Cc1cccc(/C(=C2/C=Nc3ccccc32)c2c[nH]c3ccccc23)c1. The number of aryl methyl sites for hydroxylation is 1. The monoisotopic (exact) mass is 334 g/mol. The van der Waals surface area contributed by atoms with E-state index >= 15 is 0 Å². The van der Waals surface area contributed by atoms with Crippen molar-refractivity contribution in [2.24, 2.45) is 4.99 Å². The quantitative estimate of drug-likeness (QED) is 0.455. The number of hydrogen-bond acceptors (Lipinski definition) is 1. The summed E-state index contributed by atoms with van der Waals surface area (Å²) in [4.78, 5) is 8.07. The van der Waals surface area contributed by atoms with Gasteiger partial charge in [-0.05, 0) is 24.6 Å². The number of para-hydroxylation sites is 2. The van der Waals surface area contributed by atoms with Crippen molar-refractivity contribution in [2.75, 3.05) is 0 Å². The second-order valence-electron chi connectivity index (χ2n) is 6.68. The Morgan fingerprint density at radius 2 is 1.73 bits per heavy atom. The van der Waals surface area contributed by atoms with Crippen molar-refractivity contribution in [3.8, 4) is 0 Å². The summed E-state index contributed by atoms with van der Waals surface area (Å²) in [7, 11) is 0. The zero-order chi connectivity index (χ0) is 17.5. The Hall–Kier alpha value is -3.39. The Kier molecular flexibility index (Phi) is 3.36. The first-order chi connectivity index (χ1) is 12.8. The molecule has 0 bridgehead atoms. The Balaban J connectivity index is 1.86. The van der Waals surface area contributed by atoms with Gasteiger partial charge in [0.1, 0.15) is 0 Å². The van der Waals surface area contributed by atoms with E-state index in [1.54, 1.807) is 0 Å². The van der Waals surface area contributed by atoms with Gasteiger partial charge in [-0.3, -0.25) is 4.99 Å². The number of aromatic amines is 1. The highest BCUT2D eigenvalue weighted by molar-refractivity contribution is 6.27. The van der Waals surface area contributed by atoms with E-state index in [2.05, 4.69) is 89.8 Å². The van der Waals surface area contributed by atoms with E-state index in [1.807, 2.05) is 12.3 Å². The van der Waals surface area contributed by atoms with Gasteiger partial charge >= 0.3 is 0 Å². The van der Waals surface area contributed by atoms with Crippen molar-refractivity contribution < 1.29 is 0 Å². The third-order valence-electron chi connectivity index (χ3n) is 4.96. The van der Waals surface area contributed by atoms with Gasteiger partial charge in [0.15, 0.2) is 0 Å². The first kappa shape index (κ1) is 14.9. The first-order valence-electron chi connectivity index (χ1n) is 8.82. The molecule has 0 atom stereocenters. The molecule has 124 valence electrons. The molecule has 26 heavy (non-hydrogen) atoms. The molecule has 0 saturated heterocycles. The van der Waals surface area contributed by atoms with Gasteiger partial charge in [0.05, 0.1) is 5.69 Å². The van der Waals surface area contributed by atoms with Crippen molar-refractivity contribution in [2.45, 2.75) is 6.92 Å². The summed E-state index contributed by atoms with van der Waals surface area (Å²) in [5.41, 5.74) is 9.45. The molecule has 1 aliphatic rings. The number of aromatic nitrogens is 1. The number of benzene rings is 3. The smallest absolute Gasteiger partial charge is 0.0709 e. The topological polar surface area (TPSA) is 28.1 Å². The fourth-order valence-corrected chi connectivity index (χ4v) is 3.75. The van der Waals surface area contributed by atoms with Gasteiger partial charge in [-0.1, -0.05) is 66.2 Å². The zero-order valence-corrected chi connectivity index (χ0v) is 14.5. The molecule has 1 aromatic heterocycles. The van der Waals surface area contributed by atoms with Crippen molar-refractivity contribution in [1.29, 1.82) is 0 Å². The molecule has 2 nitrogen and oxygen atoms in total. The van der Waals surface area contributed by atoms with Crippen LogP contribution in [0.3, 0.4) is 0 Å². The molecule has 2 heterocycles. The Morgan fingerprint density at radius 3 is 2.65 bits per heavy atom. The second kappa shape index (κ2) is 5.85. The Bertz CT molecular complexity index is 1190. The number of nitrogens with one attached hydrogen (secondary N) is 1. The first-order valence-corrected chi connectivity index (χ1v) is 8.82. The number of allylic oxidation sites excluding steroid dienone is 1. The summed E-state index contributed by atoms with van der Waals surface area (Å²) in [5, 5.41) is 1.23. The normalized spacial score (nSPS) is 14.7. The lowest BCUT2D eigenvalue weighted by molar-refractivity contribution is 1.43. The maximum absolute atomic E-state index is 4.65. The maximum Gasteiger partial charge on any atom is 0.0709 e. The highest BCUT2D eigenvalue weighted by atomic mass is 14.8. The lowest BCUT2D eigenvalue weighted by Gasteiger charge is -2.12. The van der Waals surface area contributed by atoms with Crippen LogP contribution >= 0.6 is 0 Å². The van der Waals surface area contributed by atoms with E-state index in [4.69, 9.17) is 0 Å². The van der Waals surface area contributed by atoms with E-state index < -0.39 is 0 Å². The summed E-state index contributed by atoms with van der Waals surface area (Å²) in [5.74, 6) is 0. The maximum atomic E-state index is 4.65. The molecule has 2 heteroatoms. The predicted molar refractivity (Wildman–Crippen MR) is 110 cm³/mol. The standard InChI is InChI=1S/C24H18N2/c1-16-7-6-8-17(13-16)24(20-14-25-22-11-4-2-9-18(20)22)21-15-26-23-12-5-3-10-19(21)23/h2-15,25H,1H3/b24-21+. The van der Waals surface area contributed by atoms with Crippen molar-refractivity contribution in [1.82, 2.24) is 4.98 Å². The van der Waals surface area contributed by atoms with Crippen LogP contribution in [0.2, 0.25) is 0 Å². The van der Waals surface area contributed by atoms with Gasteiger partial charge in [-0.15, -0.1) is 0 Å². The van der Waals surface area contributed by atoms with Crippen LogP contribution in [-0.2, 0) is 0 Å². The summed E-state index contributed by atoms with van der Waals surface area (Å²) < 4.78 is 0. The lowest BCUT2D eigenvalue weighted by Crippen LogP contribution is -1.94. The van der Waals surface area contributed by atoms with Crippen molar-refractivity contribution >= 4 is 34.0 Å². The van der Waals surface area contributed by atoms with Crippen molar-refractivity contribution in [3.05, 3.63) is 101 Å². The average Bonchev–Trinajstić information content (AvgIpc) is 3.28. The van der Waals surface area contributed by atoms with Gasteiger partial charge < -0.3 is 4.98 Å². The molecule has 0 aliphatic carbocycles. The van der Waals surface area contributed by atoms with Crippen LogP contribution in [0, 0.1) is 6.92 Å². The highest BCUT2D eigenvalue weighted by Crippen LogP contribution is 2.40. The molecule has 0 saturated carbocycles. The van der Waals surface area contributed by atoms with Crippen LogP contribution in [0.4, 0.5) is 5.69 Å². The van der Waals surface area contributed by atoms with E-state index in [-0.39, 0.29) is 0 Å². The molecule has 0 unspecified atom stereocenters. The second-order valence-corrected chi connectivity index (χ2v) is 6.68. The van der Waals surface area contributed by atoms with Gasteiger partial charge in [0.25, 0.3) is 0 Å². The Morgan fingerprint density at radius 1 is 0.885 bits per heavy atom. The molecule has 3 aromatic carbocycles. The summed E-state index contributed by atoms with van der Waals surface area (Å²) in [6.07, 6.45) is 4.12. The van der Waals surface area contributed by atoms with Gasteiger partial charge in [0, 0.05) is 45.6 Å². The number of rotatable bonds is 2. The van der Waals surface area contributed by atoms with E-state index in [9.17, 15) is 0 Å². The van der Waals surface area contributed by atoms with Gasteiger partial charge in [-0.25, -0.2) is 0 Å². The third kappa shape index (κ3) is 2.31. The molecule has 0 radical (unpaired) electrons. The van der Waals surface area contributed by atoms with E-state index in [1.165, 1.54) is 38.8 Å². The molecule has 0 amide bonds. The summed E-state index contributed by atoms with van der Waals surface area (Å²) in [6, 6.07) is 25.5. The van der Waals surface area contributed by atoms with Crippen LogP contribution in [0.15, 0.2) is 84.0 Å². The van der Waals surface area contributed by atoms with Gasteiger partial charge in [-0.2, -0.15) is 0 Å². The molecule has 0 fully saturated rings. The molecule has 4 aromatic rings. The van der Waals surface area contributed by atoms with E-state index in [0.717, 1.165) is 11.2 Å². The van der Waals surface area contributed by atoms with Crippen LogP contribution < -0.4 is 0 Å². The number of fused-ring (bicyclic) bond motifs is 2. The largest absolute Gasteiger partial charge is 0.361 e. The molecule has 0 spiro atoms. The highest BCUT2D eigenvalue weighted by Gasteiger charge is 2.20. The molecule has 5 rings (SSSR count). The summed E-state index contributed by atoms with van der Waals surface area (Å²) >= 11 is 0. The number of H-pyrrole nitrogens is 1. The van der Waals surface area contributed by atoms with Crippen LogP contribution in [0.5, 0.6) is 0 Å². The molecule has 1 aliphatic heterocycles. The summed E-state index contributed by atoms with van der Waals surface area (Å²) in [6.45, 7) is 2.14. The zero-order valence-electron chi connectivity index (χ0n) is 14.5. The molecule has 1 N–H and O–H groups in total. The van der Waals surface area contributed by atoms with Crippen molar-refractivity contribution in [3.63, 3.8) is 0 Å². The fourth-order valence-electron chi connectivity index (χ4n) is 3.75. The molecular weight excluding hydrogens is 316 g/mol. The lowest BCUT2D eigenvalue weighted by atomic mass is 9.89. The van der Waals surface area contributed by atoms with Gasteiger partial charge in [0.2, 0.25) is 0 Å². The number of aliphatic imine (C=N–C) groups is 1. The predicted octanol–water partition coefficient (Wildman–Crippen LogP) is 6.15. The minimum Gasteiger partial charge on any atom is -0.361 e. The fraction of sp³-hybridized carbons (Fsp3) is 0.0417. The van der Waals surface area contributed by atoms with E-state index in [0.29, 0.717) is 0 Å². The minimum atomic E-state index is 1.03. The van der Waals surface area contributed by atoms with Crippen LogP contribution in [-0.4, -0.2) is 11.2 Å². The van der Waals surface area contributed by atoms with Crippen LogP contribution in [0.1, 0.15) is 22.3 Å². The average molecular weight is 334 g/mol. The van der Waals surface area contributed by atoms with Crippen LogP contribution in [0.25, 0.3) is 22.0 Å². The number of nitrogens with zero attached hydrogens (tertiary/aromatic N) is 1.